The number of Topliss-reactive ketones (excluding diaryl/α,β-unsaturated/α-hetero) is 1. The quantitative estimate of drug-likeness (QED) is 0.771. The molecule has 0 aromatic heterocycles. The van der Waals surface area contributed by atoms with Crippen LogP contribution in [-0.4, -0.2) is 41.1 Å². The Kier molecular flexibility index (Phi) is 4.35. The molecule has 0 bridgehead atoms. The Bertz CT molecular complexity index is 709. The first-order chi connectivity index (χ1) is 11.7. The molecule has 1 amide bonds. The van der Waals surface area contributed by atoms with Gasteiger partial charge >= 0.3 is 6.09 Å². The molecular formula is C20H25NO4. The van der Waals surface area contributed by atoms with E-state index in [2.05, 4.69) is 6.58 Å². The van der Waals surface area contributed by atoms with Crippen LogP contribution >= 0.6 is 0 Å². The van der Waals surface area contributed by atoms with Crippen molar-refractivity contribution in [2.24, 2.45) is 0 Å². The number of carbonyl (C=O) groups excluding carboxylic acids is 2. The van der Waals surface area contributed by atoms with Crippen LogP contribution in [0.15, 0.2) is 24.8 Å². The Hall–Kier alpha value is -2.30. The Morgan fingerprint density at radius 2 is 2.00 bits per heavy atom. The van der Waals surface area contributed by atoms with Crippen LogP contribution in [0, 0.1) is 0 Å². The summed E-state index contributed by atoms with van der Waals surface area (Å²) in [5.41, 5.74) is 0.507. The van der Waals surface area contributed by atoms with Gasteiger partial charge in [0.15, 0.2) is 5.78 Å². The second kappa shape index (κ2) is 6.21. The minimum atomic E-state index is -0.516. The fourth-order valence-electron chi connectivity index (χ4n) is 3.34. The van der Waals surface area contributed by atoms with Crippen molar-refractivity contribution in [2.45, 2.75) is 51.2 Å². The number of rotatable bonds is 1. The van der Waals surface area contributed by atoms with E-state index in [0.29, 0.717) is 43.7 Å². The number of ether oxygens (including phenoxy) is 2. The summed E-state index contributed by atoms with van der Waals surface area (Å²) in [6, 6.07) is 5.56. The van der Waals surface area contributed by atoms with Crippen LogP contribution in [0.2, 0.25) is 0 Å². The third kappa shape index (κ3) is 3.70. The molecule has 3 rings (SSSR count). The molecule has 1 saturated heterocycles. The van der Waals surface area contributed by atoms with Gasteiger partial charge in [0, 0.05) is 25.9 Å². The lowest BCUT2D eigenvalue weighted by molar-refractivity contribution is -0.0226. The molecular weight excluding hydrogens is 318 g/mol. The molecule has 1 fully saturated rings. The Morgan fingerprint density at radius 3 is 2.60 bits per heavy atom. The number of nitrogens with zero attached hydrogens (tertiary/aromatic N) is 1. The third-order valence-electron chi connectivity index (χ3n) is 4.68. The van der Waals surface area contributed by atoms with Crippen molar-refractivity contribution in [2.75, 3.05) is 13.1 Å². The van der Waals surface area contributed by atoms with Crippen LogP contribution < -0.4 is 4.74 Å². The highest BCUT2D eigenvalue weighted by molar-refractivity contribution is 6.00. The number of ketones is 1. The highest BCUT2D eigenvalue weighted by atomic mass is 16.6. The van der Waals surface area contributed by atoms with Gasteiger partial charge in [0.25, 0.3) is 0 Å². The van der Waals surface area contributed by atoms with Gasteiger partial charge in [-0.25, -0.2) is 4.79 Å². The molecule has 25 heavy (non-hydrogen) atoms. The van der Waals surface area contributed by atoms with Gasteiger partial charge in [0.1, 0.15) is 17.0 Å². The lowest BCUT2D eigenvalue weighted by atomic mass is 9.82. The smallest absolute Gasteiger partial charge is 0.410 e. The Morgan fingerprint density at radius 1 is 1.32 bits per heavy atom. The Balaban J connectivity index is 1.70. The van der Waals surface area contributed by atoms with Crippen molar-refractivity contribution in [1.82, 2.24) is 4.90 Å². The summed E-state index contributed by atoms with van der Waals surface area (Å²) in [7, 11) is 0. The zero-order chi connectivity index (χ0) is 18.2. The molecule has 2 heterocycles. The number of hydrogen-bond donors (Lipinski definition) is 0. The Labute approximate surface area is 148 Å². The zero-order valence-corrected chi connectivity index (χ0v) is 15.1. The van der Waals surface area contributed by atoms with Crippen LogP contribution in [0.5, 0.6) is 5.75 Å². The molecule has 134 valence electrons. The molecule has 0 saturated carbocycles. The van der Waals surface area contributed by atoms with Crippen LogP contribution in [0.1, 0.15) is 56.0 Å². The SMILES string of the molecule is C=Cc1ccc2c(c1)C(=O)CC1(CCN(C(=O)OC(C)(C)C)CC1)O2. The molecule has 0 unspecified atom stereocenters. The average Bonchev–Trinajstić information content (AvgIpc) is 2.53. The van der Waals surface area contributed by atoms with Gasteiger partial charge < -0.3 is 14.4 Å². The monoisotopic (exact) mass is 343 g/mol. The highest BCUT2D eigenvalue weighted by Gasteiger charge is 2.44. The number of benzene rings is 1. The zero-order valence-electron chi connectivity index (χ0n) is 15.1. The molecule has 0 N–H and O–H groups in total. The van der Waals surface area contributed by atoms with Crippen molar-refractivity contribution in [1.29, 1.82) is 0 Å². The number of piperidine rings is 1. The first-order valence-corrected chi connectivity index (χ1v) is 8.68. The van der Waals surface area contributed by atoms with Crippen LogP contribution in [0.3, 0.4) is 0 Å². The molecule has 1 spiro atoms. The van der Waals surface area contributed by atoms with Gasteiger partial charge in [0.2, 0.25) is 0 Å². The third-order valence-corrected chi connectivity index (χ3v) is 4.68. The molecule has 5 nitrogen and oxygen atoms in total. The van der Waals surface area contributed by atoms with Crippen molar-refractivity contribution in [3.05, 3.63) is 35.9 Å². The van der Waals surface area contributed by atoms with E-state index in [1.54, 1.807) is 11.0 Å². The number of hydrogen-bond acceptors (Lipinski definition) is 4. The number of carbonyl (C=O) groups is 2. The minimum Gasteiger partial charge on any atom is -0.486 e. The number of fused-ring (bicyclic) bond motifs is 1. The number of amides is 1. The number of likely N-dealkylation sites (tertiary alicyclic amines) is 1. The second-order valence-corrected chi connectivity index (χ2v) is 7.81. The van der Waals surface area contributed by atoms with E-state index in [1.165, 1.54) is 0 Å². The van der Waals surface area contributed by atoms with Gasteiger partial charge in [-0.3, -0.25) is 4.79 Å². The van der Waals surface area contributed by atoms with Crippen molar-refractivity contribution in [3.63, 3.8) is 0 Å². The summed E-state index contributed by atoms with van der Waals surface area (Å²) in [5, 5.41) is 0. The van der Waals surface area contributed by atoms with Crippen LogP contribution in [0.25, 0.3) is 6.08 Å². The maximum atomic E-state index is 12.6. The average molecular weight is 343 g/mol. The summed E-state index contributed by atoms with van der Waals surface area (Å²) < 4.78 is 11.7. The molecule has 5 heteroatoms. The van der Waals surface area contributed by atoms with Gasteiger partial charge in [-0.2, -0.15) is 0 Å². The summed E-state index contributed by atoms with van der Waals surface area (Å²) in [6.45, 7) is 10.4. The molecule has 0 radical (unpaired) electrons. The summed E-state index contributed by atoms with van der Waals surface area (Å²) in [4.78, 5) is 26.5. The van der Waals surface area contributed by atoms with Gasteiger partial charge in [0.05, 0.1) is 12.0 Å². The molecule has 0 aliphatic carbocycles. The molecule has 2 aliphatic heterocycles. The first-order valence-electron chi connectivity index (χ1n) is 8.68. The van der Waals surface area contributed by atoms with E-state index >= 15 is 0 Å². The highest BCUT2D eigenvalue weighted by Crippen LogP contribution is 2.39. The largest absolute Gasteiger partial charge is 0.486 e. The molecule has 2 aliphatic rings. The first kappa shape index (κ1) is 17.5. The molecule has 1 aromatic rings. The van der Waals surface area contributed by atoms with Gasteiger partial charge in [-0.1, -0.05) is 18.7 Å². The van der Waals surface area contributed by atoms with Crippen LogP contribution in [0.4, 0.5) is 4.79 Å². The maximum absolute atomic E-state index is 12.6. The van der Waals surface area contributed by atoms with Crippen molar-refractivity contribution >= 4 is 18.0 Å². The maximum Gasteiger partial charge on any atom is 0.410 e. The van der Waals surface area contributed by atoms with E-state index in [9.17, 15) is 9.59 Å². The van der Waals surface area contributed by atoms with E-state index in [-0.39, 0.29) is 11.9 Å². The van der Waals surface area contributed by atoms with E-state index in [4.69, 9.17) is 9.47 Å². The lowest BCUT2D eigenvalue weighted by Gasteiger charge is -2.44. The predicted octanol–water partition coefficient (Wildman–Crippen LogP) is 4.06. The second-order valence-electron chi connectivity index (χ2n) is 7.81. The summed E-state index contributed by atoms with van der Waals surface area (Å²) >= 11 is 0. The fourth-order valence-corrected chi connectivity index (χ4v) is 3.34. The van der Waals surface area contributed by atoms with E-state index in [1.807, 2.05) is 39.0 Å². The summed E-state index contributed by atoms with van der Waals surface area (Å²) in [6.07, 6.45) is 3.02. The van der Waals surface area contributed by atoms with Crippen LogP contribution in [-0.2, 0) is 4.74 Å². The van der Waals surface area contributed by atoms with E-state index < -0.39 is 11.2 Å². The lowest BCUT2D eigenvalue weighted by Crippen LogP contribution is -2.52. The van der Waals surface area contributed by atoms with E-state index in [0.717, 1.165) is 5.56 Å². The molecule has 0 atom stereocenters. The van der Waals surface area contributed by atoms with Crippen molar-refractivity contribution in [3.8, 4) is 5.75 Å². The normalized spacial score (nSPS) is 19.2. The molecule has 1 aromatic carbocycles. The summed E-state index contributed by atoms with van der Waals surface area (Å²) in [5.74, 6) is 0.725. The van der Waals surface area contributed by atoms with Gasteiger partial charge in [-0.15, -0.1) is 0 Å². The standard InChI is InChI=1S/C20H25NO4/c1-5-14-6-7-17-15(12-14)16(22)13-20(24-17)8-10-21(11-9-20)18(23)25-19(2,3)4/h5-7,12H,1,8-11,13H2,2-4H3. The topological polar surface area (TPSA) is 55.8 Å². The van der Waals surface area contributed by atoms with Gasteiger partial charge in [-0.05, 0) is 38.5 Å². The van der Waals surface area contributed by atoms with Crippen molar-refractivity contribution < 1.29 is 19.1 Å². The predicted molar refractivity (Wildman–Crippen MR) is 95.9 cm³/mol. The minimum absolute atomic E-state index is 0.0932. The fraction of sp³-hybridized carbons (Fsp3) is 0.500.